The Morgan fingerprint density at radius 3 is 1.60 bits per heavy atom. The third-order valence-electron chi connectivity index (χ3n) is 3.59. The highest BCUT2D eigenvalue weighted by molar-refractivity contribution is 4.63. The molecule has 0 N–H and O–H groups in total. The molecule has 0 spiro atoms. The first-order valence-electron chi connectivity index (χ1n) is 6.65. The van der Waals surface area contributed by atoms with Crippen LogP contribution in [0.1, 0.15) is 53.4 Å². The molecular weight excluding hydrogens is 182 g/mol. The molecule has 0 amide bonds. The van der Waals surface area contributed by atoms with Gasteiger partial charge in [-0.15, -0.1) is 0 Å². The van der Waals surface area contributed by atoms with Crippen molar-refractivity contribution in [1.82, 2.24) is 4.90 Å². The lowest BCUT2D eigenvalue weighted by Gasteiger charge is -2.23. The molecule has 2 unspecified atom stereocenters. The van der Waals surface area contributed by atoms with E-state index in [-0.39, 0.29) is 0 Å². The Hall–Kier alpha value is -0.0400. The van der Waals surface area contributed by atoms with E-state index in [2.05, 4.69) is 39.5 Å². The Bertz CT molecular complexity index is 119. The maximum Gasteiger partial charge on any atom is -0.00162 e. The third-order valence-corrected chi connectivity index (χ3v) is 3.59. The predicted octanol–water partition coefficient (Wildman–Crippen LogP) is 3.99. The van der Waals surface area contributed by atoms with Crippen LogP contribution in [0.4, 0.5) is 0 Å². The minimum atomic E-state index is 0.864. The third kappa shape index (κ3) is 7.84. The van der Waals surface area contributed by atoms with Crippen LogP contribution < -0.4 is 0 Å². The summed E-state index contributed by atoms with van der Waals surface area (Å²) >= 11 is 0. The highest BCUT2D eigenvalue weighted by atomic mass is 15.1. The van der Waals surface area contributed by atoms with E-state index in [1.165, 1.54) is 38.8 Å². The molecule has 0 saturated carbocycles. The number of rotatable bonds is 9. The highest BCUT2D eigenvalue weighted by Crippen LogP contribution is 2.10. The minimum Gasteiger partial charge on any atom is -0.303 e. The molecule has 0 heterocycles. The second-order valence-corrected chi connectivity index (χ2v) is 4.95. The van der Waals surface area contributed by atoms with E-state index in [1.54, 1.807) is 0 Å². The van der Waals surface area contributed by atoms with Gasteiger partial charge in [0.1, 0.15) is 0 Å². The number of hydrogen-bond donors (Lipinski definition) is 0. The number of hydrogen-bond acceptors (Lipinski definition) is 1. The van der Waals surface area contributed by atoms with E-state index in [0.29, 0.717) is 0 Å². The number of nitrogens with zero attached hydrogens (tertiary/aromatic N) is 1. The summed E-state index contributed by atoms with van der Waals surface area (Å²) in [4.78, 5) is 2.50. The van der Waals surface area contributed by atoms with Crippen LogP contribution >= 0.6 is 0 Å². The lowest BCUT2D eigenvalue weighted by atomic mass is 10.0. The summed E-state index contributed by atoms with van der Waals surface area (Å²) in [6, 6.07) is 0. The Morgan fingerprint density at radius 1 is 0.933 bits per heavy atom. The van der Waals surface area contributed by atoms with Crippen LogP contribution in [0, 0.1) is 18.8 Å². The van der Waals surface area contributed by atoms with Gasteiger partial charge in [-0.05, 0) is 51.2 Å². The van der Waals surface area contributed by atoms with Crippen LogP contribution in [0.2, 0.25) is 0 Å². The van der Waals surface area contributed by atoms with E-state index in [9.17, 15) is 0 Å². The molecular formula is C14H30N. The second kappa shape index (κ2) is 9.21. The zero-order valence-corrected chi connectivity index (χ0v) is 11.3. The van der Waals surface area contributed by atoms with Crippen molar-refractivity contribution in [3.05, 3.63) is 6.92 Å². The first-order chi connectivity index (χ1) is 7.13. The summed E-state index contributed by atoms with van der Waals surface area (Å²) in [6.45, 7) is 16.7. The fourth-order valence-electron chi connectivity index (χ4n) is 1.55. The maximum absolute atomic E-state index is 4.02. The Balaban J connectivity index is 3.63. The Labute approximate surface area is 97.2 Å². The largest absolute Gasteiger partial charge is 0.303 e. The monoisotopic (exact) mass is 212 g/mol. The molecule has 2 atom stereocenters. The molecule has 1 nitrogen and oxygen atoms in total. The molecule has 1 radical (unpaired) electrons. The SMILES string of the molecule is [CH2]CN(CCC(C)CC)CCC(C)CC. The smallest absolute Gasteiger partial charge is 0.00162 e. The summed E-state index contributed by atoms with van der Waals surface area (Å²) in [5.41, 5.74) is 0. The van der Waals surface area contributed by atoms with Gasteiger partial charge in [-0.2, -0.15) is 0 Å². The molecule has 91 valence electrons. The molecule has 1 heteroatoms. The van der Waals surface area contributed by atoms with Crippen LogP contribution in [0.5, 0.6) is 0 Å². The van der Waals surface area contributed by atoms with Gasteiger partial charge < -0.3 is 4.90 Å². The predicted molar refractivity (Wildman–Crippen MR) is 69.9 cm³/mol. The fourth-order valence-corrected chi connectivity index (χ4v) is 1.55. The normalized spacial score (nSPS) is 15.6. The van der Waals surface area contributed by atoms with E-state index >= 15 is 0 Å². The van der Waals surface area contributed by atoms with Crippen molar-refractivity contribution in [3.8, 4) is 0 Å². The van der Waals surface area contributed by atoms with Crippen LogP contribution in [0.3, 0.4) is 0 Å². The van der Waals surface area contributed by atoms with Crippen molar-refractivity contribution in [2.24, 2.45) is 11.8 Å². The van der Waals surface area contributed by atoms with Gasteiger partial charge in [-0.25, -0.2) is 0 Å². The summed E-state index contributed by atoms with van der Waals surface area (Å²) in [7, 11) is 0. The highest BCUT2D eigenvalue weighted by Gasteiger charge is 2.07. The van der Waals surface area contributed by atoms with Crippen molar-refractivity contribution in [2.45, 2.75) is 53.4 Å². The zero-order valence-electron chi connectivity index (χ0n) is 11.3. The molecule has 0 fully saturated rings. The van der Waals surface area contributed by atoms with Gasteiger partial charge in [-0.3, -0.25) is 0 Å². The van der Waals surface area contributed by atoms with Crippen molar-refractivity contribution in [2.75, 3.05) is 19.6 Å². The molecule has 0 aliphatic heterocycles. The van der Waals surface area contributed by atoms with Gasteiger partial charge in [0.15, 0.2) is 0 Å². The Morgan fingerprint density at radius 2 is 1.33 bits per heavy atom. The van der Waals surface area contributed by atoms with Crippen LogP contribution in [-0.2, 0) is 0 Å². The van der Waals surface area contributed by atoms with Gasteiger partial charge in [0.25, 0.3) is 0 Å². The first kappa shape index (κ1) is 15.0. The van der Waals surface area contributed by atoms with E-state index < -0.39 is 0 Å². The summed E-state index contributed by atoms with van der Waals surface area (Å²) < 4.78 is 0. The molecule has 0 rings (SSSR count). The van der Waals surface area contributed by atoms with Gasteiger partial charge in [0.05, 0.1) is 0 Å². The van der Waals surface area contributed by atoms with Crippen LogP contribution in [-0.4, -0.2) is 24.5 Å². The first-order valence-corrected chi connectivity index (χ1v) is 6.65. The molecule has 0 bridgehead atoms. The fraction of sp³-hybridized carbons (Fsp3) is 0.929. The standard InChI is InChI=1S/C14H30N/c1-6-13(4)9-11-15(8-3)12-10-14(5)7-2/h13-14H,3,6-12H2,1-2,4-5H3. The Kier molecular flexibility index (Phi) is 9.18. The quantitative estimate of drug-likeness (QED) is 0.558. The average Bonchev–Trinajstić information content (AvgIpc) is 2.28. The van der Waals surface area contributed by atoms with Crippen molar-refractivity contribution in [1.29, 1.82) is 0 Å². The molecule has 0 aromatic heterocycles. The lowest BCUT2D eigenvalue weighted by Crippen LogP contribution is -2.28. The van der Waals surface area contributed by atoms with E-state index in [0.717, 1.165) is 18.4 Å². The second-order valence-electron chi connectivity index (χ2n) is 4.95. The van der Waals surface area contributed by atoms with Gasteiger partial charge in [-0.1, -0.05) is 40.5 Å². The van der Waals surface area contributed by atoms with E-state index in [4.69, 9.17) is 0 Å². The topological polar surface area (TPSA) is 3.24 Å². The summed E-state index contributed by atoms with van der Waals surface area (Å²) in [5.74, 6) is 1.73. The summed E-state index contributed by atoms with van der Waals surface area (Å²) in [6.07, 6.45) is 5.26. The average molecular weight is 212 g/mol. The van der Waals surface area contributed by atoms with Crippen molar-refractivity contribution >= 4 is 0 Å². The molecule has 0 aromatic carbocycles. The molecule has 0 aromatic rings. The van der Waals surface area contributed by atoms with Gasteiger partial charge in [0.2, 0.25) is 0 Å². The molecule has 15 heavy (non-hydrogen) atoms. The molecule has 0 saturated heterocycles. The minimum absolute atomic E-state index is 0.864. The molecule has 0 aliphatic rings. The van der Waals surface area contributed by atoms with Crippen LogP contribution in [0.15, 0.2) is 0 Å². The van der Waals surface area contributed by atoms with Crippen molar-refractivity contribution < 1.29 is 0 Å². The van der Waals surface area contributed by atoms with Gasteiger partial charge in [0, 0.05) is 0 Å². The molecule has 0 aliphatic carbocycles. The van der Waals surface area contributed by atoms with Crippen LogP contribution in [0.25, 0.3) is 0 Å². The lowest BCUT2D eigenvalue weighted by molar-refractivity contribution is 0.256. The zero-order chi connectivity index (χ0) is 11.7. The van der Waals surface area contributed by atoms with E-state index in [1.807, 2.05) is 0 Å². The van der Waals surface area contributed by atoms with Gasteiger partial charge >= 0.3 is 0 Å². The summed E-state index contributed by atoms with van der Waals surface area (Å²) in [5, 5.41) is 0. The van der Waals surface area contributed by atoms with Crippen molar-refractivity contribution in [3.63, 3.8) is 0 Å². The maximum atomic E-state index is 4.02.